The molecule has 0 aromatic heterocycles. The van der Waals surface area contributed by atoms with Gasteiger partial charge in [0.15, 0.2) is 0 Å². The third kappa shape index (κ3) is 3.59. The molecule has 1 aliphatic heterocycles. The summed E-state index contributed by atoms with van der Waals surface area (Å²) in [7, 11) is -3.88. The van der Waals surface area contributed by atoms with Crippen molar-refractivity contribution in [3.63, 3.8) is 0 Å². The van der Waals surface area contributed by atoms with Crippen molar-refractivity contribution >= 4 is 15.9 Å². The average Bonchev–Trinajstić information content (AvgIpc) is 3.08. The van der Waals surface area contributed by atoms with Gasteiger partial charge in [0.05, 0.1) is 4.90 Å². The first-order chi connectivity index (χ1) is 11.1. The molecule has 0 atom stereocenters. The normalized spacial score (nSPS) is 15.9. The monoisotopic (exact) mass is 332 g/mol. The van der Waals surface area contributed by atoms with E-state index in [0.29, 0.717) is 5.84 Å². The maximum Gasteiger partial charge on any atom is 0.284 e. The van der Waals surface area contributed by atoms with Crippen LogP contribution in [0.1, 0.15) is 18.4 Å². The van der Waals surface area contributed by atoms with Gasteiger partial charge in [0.25, 0.3) is 10.0 Å². The molecule has 0 amide bonds. The van der Waals surface area contributed by atoms with Gasteiger partial charge in [-0.1, -0.05) is 30.3 Å². The van der Waals surface area contributed by atoms with Crippen LogP contribution in [-0.4, -0.2) is 32.2 Å². The van der Waals surface area contributed by atoms with E-state index in [1.807, 2.05) is 35.2 Å². The molecule has 1 heterocycles. The molecule has 0 radical (unpaired) electrons. The van der Waals surface area contributed by atoms with Crippen LogP contribution in [0.25, 0.3) is 0 Å². The van der Waals surface area contributed by atoms with E-state index >= 15 is 0 Å². The van der Waals surface area contributed by atoms with E-state index in [4.69, 9.17) is 0 Å². The fraction of sp³-hybridized carbons (Fsp3) is 0.235. The van der Waals surface area contributed by atoms with Crippen LogP contribution in [-0.2, 0) is 10.0 Å². The Balaban J connectivity index is 2.04. The molecule has 6 heteroatoms. The van der Waals surface area contributed by atoms with Crippen LogP contribution in [0.15, 0.2) is 63.9 Å². The fourth-order valence-electron chi connectivity index (χ4n) is 2.58. The van der Waals surface area contributed by atoms with E-state index in [9.17, 15) is 12.8 Å². The summed E-state index contributed by atoms with van der Waals surface area (Å²) in [4.78, 5) is 1.97. The van der Waals surface area contributed by atoms with Crippen molar-refractivity contribution in [2.75, 3.05) is 13.1 Å². The minimum atomic E-state index is -3.88. The minimum absolute atomic E-state index is 0.00784. The molecule has 0 spiro atoms. The second-order valence-corrected chi connectivity index (χ2v) is 7.01. The van der Waals surface area contributed by atoms with Gasteiger partial charge < -0.3 is 4.90 Å². The van der Waals surface area contributed by atoms with Crippen LogP contribution >= 0.6 is 0 Å². The Bertz CT molecular complexity index is 796. The number of halogens is 1. The molecule has 3 rings (SSSR count). The molecule has 0 N–H and O–H groups in total. The van der Waals surface area contributed by atoms with Crippen molar-refractivity contribution in [1.29, 1.82) is 0 Å². The first-order valence-electron chi connectivity index (χ1n) is 7.47. The van der Waals surface area contributed by atoms with Crippen molar-refractivity contribution in [1.82, 2.24) is 4.90 Å². The highest BCUT2D eigenvalue weighted by molar-refractivity contribution is 7.90. The molecule has 2 aromatic rings. The molecule has 0 saturated carbocycles. The zero-order valence-corrected chi connectivity index (χ0v) is 13.3. The number of sulfonamides is 1. The van der Waals surface area contributed by atoms with E-state index < -0.39 is 15.8 Å². The minimum Gasteiger partial charge on any atom is -0.355 e. The molecular weight excluding hydrogens is 315 g/mol. The molecule has 1 fully saturated rings. The summed E-state index contributed by atoms with van der Waals surface area (Å²) in [6, 6.07) is 14.0. The fourth-order valence-corrected chi connectivity index (χ4v) is 3.62. The second kappa shape index (κ2) is 6.50. The molecule has 2 aromatic carbocycles. The lowest BCUT2D eigenvalue weighted by molar-refractivity contribution is 0.520. The zero-order chi connectivity index (χ0) is 16.3. The van der Waals surface area contributed by atoms with Gasteiger partial charge in [0.2, 0.25) is 0 Å². The summed E-state index contributed by atoms with van der Waals surface area (Å²) >= 11 is 0. The Morgan fingerprint density at radius 1 is 0.957 bits per heavy atom. The SMILES string of the molecule is O=S(=O)(/N=C(/c1ccccc1)N1CCCC1)c1ccc(F)cc1. The van der Waals surface area contributed by atoms with Gasteiger partial charge in [0.1, 0.15) is 11.7 Å². The molecule has 4 nitrogen and oxygen atoms in total. The zero-order valence-electron chi connectivity index (χ0n) is 12.5. The van der Waals surface area contributed by atoms with Crippen molar-refractivity contribution in [2.45, 2.75) is 17.7 Å². The Kier molecular flexibility index (Phi) is 4.43. The van der Waals surface area contributed by atoms with Crippen LogP contribution in [0.4, 0.5) is 4.39 Å². The lowest BCUT2D eigenvalue weighted by Crippen LogP contribution is -2.29. The number of hydrogen-bond donors (Lipinski definition) is 0. The Labute approximate surface area is 135 Å². The maximum atomic E-state index is 13.0. The Morgan fingerprint density at radius 2 is 1.57 bits per heavy atom. The molecule has 1 saturated heterocycles. The van der Waals surface area contributed by atoms with Crippen LogP contribution < -0.4 is 0 Å². The van der Waals surface area contributed by atoms with Crippen molar-refractivity contribution in [3.05, 3.63) is 66.0 Å². The largest absolute Gasteiger partial charge is 0.355 e. The van der Waals surface area contributed by atoms with Crippen LogP contribution in [0.3, 0.4) is 0 Å². The smallest absolute Gasteiger partial charge is 0.284 e. The number of nitrogens with zero attached hydrogens (tertiary/aromatic N) is 2. The molecular formula is C17H17FN2O2S. The third-order valence-electron chi connectivity index (χ3n) is 3.76. The molecule has 0 unspecified atom stereocenters. The van der Waals surface area contributed by atoms with E-state index in [1.165, 1.54) is 12.1 Å². The van der Waals surface area contributed by atoms with Crippen molar-refractivity contribution in [2.24, 2.45) is 4.40 Å². The summed E-state index contributed by atoms with van der Waals surface area (Å²) in [5, 5.41) is 0. The molecule has 23 heavy (non-hydrogen) atoms. The Hall–Kier alpha value is -2.21. The highest BCUT2D eigenvalue weighted by Gasteiger charge is 2.22. The van der Waals surface area contributed by atoms with Crippen LogP contribution in [0.2, 0.25) is 0 Å². The lowest BCUT2D eigenvalue weighted by Gasteiger charge is -2.20. The van der Waals surface area contributed by atoms with Gasteiger partial charge in [-0.2, -0.15) is 8.42 Å². The summed E-state index contributed by atoms with van der Waals surface area (Å²) in [5.74, 6) is -0.0248. The van der Waals surface area contributed by atoms with Gasteiger partial charge in [-0.3, -0.25) is 0 Å². The maximum absolute atomic E-state index is 13.0. The highest BCUT2D eigenvalue weighted by atomic mass is 32.2. The van der Waals surface area contributed by atoms with Gasteiger partial charge in [-0.25, -0.2) is 4.39 Å². The first-order valence-corrected chi connectivity index (χ1v) is 8.91. The number of amidine groups is 1. The molecule has 1 aliphatic rings. The summed E-state index contributed by atoms with van der Waals surface area (Å²) in [5.41, 5.74) is 0.764. The van der Waals surface area contributed by atoms with Gasteiger partial charge in [-0.05, 0) is 37.1 Å². The summed E-state index contributed by atoms with van der Waals surface area (Å²) < 4.78 is 42.2. The van der Waals surface area contributed by atoms with E-state index in [1.54, 1.807) is 0 Å². The number of likely N-dealkylation sites (tertiary alicyclic amines) is 1. The summed E-state index contributed by atoms with van der Waals surface area (Å²) in [6.07, 6.45) is 2.03. The van der Waals surface area contributed by atoms with Gasteiger partial charge >= 0.3 is 0 Å². The second-order valence-electron chi connectivity index (χ2n) is 5.40. The first kappa shape index (κ1) is 15.7. The van der Waals surface area contributed by atoms with Gasteiger partial charge in [0, 0.05) is 18.7 Å². The average molecular weight is 332 g/mol. The molecule has 0 bridgehead atoms. The van der Waals surface area contributed by atoms with E-state index in [0.717, 1.165) is 43.6 Å². The Morgan fingerprint density at radius 3 is 2.17 bits per heavy atom. The predicted molar refractivity (Wildman–Crippen MR) is 87.4 cm³/mol. The third-order valence-corrected chi connectivity index (χ3v) is 5.04. The van der Waals surface area contributed by atoms with Crippen molar-refractivity contribution < 1.29 is 12.8 Å². The van der Waals surface area contributed by atoms with Crippen LogP contribution in [0.5, 0.6) is 0 Å². The van der Waals surface area contributed by atoms with E-state index in [-0.39, 0.29) is 4.90 Å². The van der Waals surface area contributed by atoms with Gasteiger partial charge in [-0.15, -0.1) is 4.40 Å². The standard InChI is InChI=1S/C17H17FN2O2S/c18-15-8-10-16(11-9-15)23(21,22)19-17(20-12-4-5-13-20)14-6-2-1-3-7-14/h1-3,6-11H,4-5,12-13H2/b19-17-. The van der Waals surface area contributed by atoms with Crippen LogP contribution in [0, 0.1) is 5.82 Å². The van der Waals surface area contributed by atoms with Crippen molar-refractivity contribution in [3.8, 4) is 0 Å². The number of benzene rings is 2. The number of hydrogen-bond acceptors (Lipinski definition) is 2. The topological polar surface area (TPSA) is 49.7 Å². The quantitative estimate of drug-likeness (QED) is 0.641. The number of rotatable bonds is 3. The molecule has 0 aliphatic carbocycles. The predicted octanol–water partition coefficient (Wildman–Crippen LogP) is 3.06. The van der Waals surface area contributed by atoms with E-state index in [2.05, 4.69) is 4.40 Å². The lowest BCUT2D eigenvalue weighted by atomic mass is 10.2. The highest BCUT2D eigenvalue weighted by Crippen LogP contribution is 2.19. The molecule has 120 valence electrons. The summed E-state index contributed by atoms with van der Waals surface area (Å²) in [6.45, 7) is 1.57.